The van der Waals surface area contributed by atoms with Crippen LogP contribution in [0.4, 0.5) is 0 Å². The van der Waals surface area contributed by atoms with Crippen molar-refractivity contribution < 1.29 is 0 Å². The summed E-state index contributed by atoms with van der Waals surface area (Å²) in [7, 11) is 0. The molecule has 0 amide bonds. The summed E-state index contributed by atoms with van der Waals surface area (Å²) in [5.41, 5.74) is 3.79. The summed E-state index contributed by atoms with van der Waals surface area (Å²) >= 11 is 3.65. The molecule has 3 heteroatoms. The molecule has 0 unspecified atom stereocenters. The van der Waals surface area contributed by atoms with Crippen LogP contribution in [-0.2, 0) is 0 Å². The highest BCUT2D eigenvalue weighted by Gasteiger charge is 2.28. The third kappa shape index (κ3) is 1.59. The van der Waals surface area contributed by atoms with Gasteiger partial charge in [0.15, 0.2) is 0 Å². The van der Waals surface area contributed by atoms with E-state index < -0.39 is 0 Å². The van der Waals surface area contributed by atoms with Gasteiger partial charge < -0.3 is 4.57 Å². The summed E-state index contributed by atoms with van der Waals surface area (Å²) in [5.74, 6) is 0. The Hall–Kier alpha value is -1.09. The van der Waals surface area contributed by atoms with E-state index in [0.717, 1.165) is 0 Å². The van der Waals surface area contributed by atoms with Gasteiger partial charge in [0, 0.05) is 34.2 Å². The first kappa shape index (κ1) is 10.1. The van der Waals surface area contributed by atoms with E-state index >= 15 is 0 Å². The Morgan fingerprint density at radius 1 is 1.44 bits per heavy atom. The number of hydrogen-bond acceptors (Lipinski definition) is 1. The van der Waals surface area contributed by atoms with Crippen LogP contribution in [-0.4, -0.2) is 9.55 Å². The molecule has 1 fully saturated rings. The van der Waals surface area contributed by atoms with Gasteiger partial charge >= 0.3 is 0 Å². The van der Waals surface area contributed by atoms with Crippen molar-refractivity contribution in [3.63, 3.8) is 0 Å². The number of rotatable bonds is 2. The first-order chi connectivity index (χ1) is 7.77. The molecule has 3 rings (SSSR count). The zero-order valence-electron chi connectivity index (χ0n) is 9.15. The number of hydrogen-bond donors (Lipinski definition) is 0. The zero-order chi connectivity index (χ0) is 11.1. The number of halogens is 1. The lowest BCUT2D eigenvalue weighted by Crippen LogP contribution is -1.99. The fourth-order valence-corrected chi connectivity index (χ4v) is 2.95. The third-order valence-corrected chi connectivity index (χ3v) is 3.63. The Kier molecular flexibility index (Phi) is 2.36. The topological polar surface area (TPSA) is 17.8 Å². The molecule has 2 heterocycles. The van der Waals surface area contributed by atoms with Gasteiger partial charge in [-0.25, -0.2) is 0 Å². The van der Waals surface area contributed by atoms with Gasteiger partial charge in [-0.2, -0.15) is 0 Å². The molecule has 0 N–H and O–H groups in total. The molecule has 82 valence electrons. The van der Waals surface area contributed by atoms with Gasteiger partial charge in [0.2, 0.25) is 0 Å². The Balaban J connectivity index is 2.19. The minimum atomic E-state index is 0.696. The molecular formula is C13H13BrN2. The maximum absolute atomic E-state index is 4.20. The number of pyridine rings is 1. The Labute approximate surface area is 103 Å². The van der Waals surface area contributed by atoms with Crippen molar-refractivity contribution in [1.82, 2.24) is 9.55 Å². The van der Waals surface area contributed by atoms with Gasteiger partial charge in [0.1, 0.15) is 0 Å². The molecule has 0 aromatic carbocycles. The molecule has 0 saturated heterocycles. The van der Waals surface area contributed by atoms with Crippen LogP contribution in [0.1, 0.15) is 24.6 Å². The number of nitrogens with zero attached hydrogens (tertiary/aromatic N) is 2. The van der Waals surface area contributed by atoms with Crippen LogP contribution in [0, 0.1) is 6.92 Å². The molecule has 0 radical (unpaired) electrons. The van der Waals surface area contributed by atoms with Crippen LogP contribution >= 0.6 is 15.9 Å². The van der Waals surface area contributed by atoms with Crippen LogP contribution < -0.4 is 0 Å². The minimum Gasteiger partial charge on any atom is -0.341 e. The average molecular weight is 277 g/mol. The molecule has 1 aliphatic carbocycles. The van der Waals surface area contributed by atoms with E-state index in [1.807, 2.05) is 18.5 Å². The second kappa shape index (κ2) is 3.74. The Bertz CT molecular complexity index is 512. The molecule has 0 atom stereocenters. The summed E-state index contributed by atoms with van der Waals surface area (Å²) < 4.78 is 3.60. The van der Waals surface area contributed by atoms with Crippen molar-refractivity contribution in [2.24, 2.45) is 0 Å². The summed E-state index contributed by atoms with van der Waals surface area (Å²) in [6.07, 6.45) is 6.34. The van der Waals surface area contributed by atoms with E-state index in [1.54, 1.807) is 0 Å². The largest absolute Gasteiger partial charge is 0.341 e. The molecule has 2 nitrogen and oxygen atoms in total. The summed E-state index contributed by atoms with van der Waals surface area (Å²) in [4.78, 5) is 4.20. The van der Waals surface area contributed by atoms with E-state index in [4.69, 9.17) is 0 Å². The van der Waals surface area contributed by atoms with Crippen molar-refractivity contribution in [2.45, 2.75) is 25.8 Å². The molecular weight excluding hydrogens is 264 g/mol. The Morgan fingerprint density at radius 3 is 2.88 bits per heavy atom. The highest BCUT2D eigenvalue weighted by Crippen LogP contribution is 2.43. The SMILES string of the molecule is Cc1cc(Br)c(-c2cccnc2)n1C1CC1. The van der Waals surface area contributed by atoms with Crippen molar-refractivity contribution in [3.8, 4) is 11.3 Å². The van der Waals surface area contributed by atoms with E-state index in [0.29, 0.717) is 6.04 Å². The number of aryl methyl sites for hydroxylation is 1. The first-order valence-corrected chi connectivity index (χ1v) is 6.34. The molecule has 0 aliphatic heterocycles. The van der Waals surface area contributed by atoms with Crippen LogP contribution in [0.5, 0.6) is 0 Å². The molecule has 2 aromatic rings. The Morgan fingerprint density at radius 2 is 2.25 bits per heavy atom. The van der Waals surface area contributed by atoms with Crippen molar-refractivity contribution in [2.75, 3.05) is 0 Å². The van der Waals surface area contributed by atoms with Gasteiger partial charge in [0.05, 0.1) is 5.69 Å². The molecule has 0 spiro atoms. The van der Waals surface area contributed by atoms with Crippen LogP contribution in [0.15, 0.2) is 35.1 Å². The van der Waals surface area contributed by atoms with Gasteiger partial charge in [-0.15, -0.1) is 0 Å². The van der Waals surface area contributed by atoms with Crippen molar-refractivity contribution in [1.29, 1.82) is 0 Å². The van der Waals surface area contributed by atoms with Crippen LogP contribution in [0.25, 0.3) is 11.3 Å². The lowest BCUT2D eigenvalue weighted by atomic mass is 10.2. The maximum atomic E-state index is 4.20. The number of aromatic nitrogens is 2. The fourth-order valence-electron chi connectivity index (χ4n) is 2.20. The van der Waals surface area contributed by atoms with E-state index in [1.165, 1.54) is 34.3 Å². The summed E-state index contributed by atoms with van der Waals surface area (Å²) in [5, 5.41) is 0. The zero-order valence-corrected chi connectivity index (χ0v) is 10.7. The second-order valence-electron chi connectivity index (χ2n) is 4.33. The van der Waals surface area contributed by atoms with Crippen LogP contribution in [0.3, 0.4) is 0 Å². The summed E-state index contributed by atoms with van der Waals surface area (Å²) in [6, 6.07) is 6.99. The normalized spacial score (nSPS) is 15.4. The lowest BCUT2D eigenvalue weighted by molar-refractivity contribution is 0.729. The van der Waals surface area contributed by atoms with Crippen LogP contribution in [0.2, 0.25) is 0 Å². The standard InChI is InChI=1S/C13H13BrN2/c1-9-7-12(14)13(16(9)11-4-5-11)10-3-2-6-15-8-10/h2-3,6-8,11H,4-5H2,1H3. The average Bonchev–Trinajstić information content (AvgIpc) is 3.06. The fraction of sp³-hybridized carbons (Fsp3) is 0.308. The van der Waals surface area contributed by atoms with Crippen molar-refractivity contribution >= 4 is 15.9 Å². The smallest absolute Gasteiger partial charge is 0.0645 e. The monoisotopic (exact) mass is 276 g/mol. The van der Waals surface area contributed by atoms with Gasteiger partial charge in [-0.05, 0) is 53.9 Å². The van der Waals surface area contributed by atoms with E-state index in [2.05, 4.69) is 44.5 Å². The van der Waals surface area contributed by atoms with Gasteiger partial charge in [-0.1, -0.05) is 0 Å². The van der Waals surface area contributed by atoms with E-state index in [-0.39, 0.29) is 0 Å². The van der Waals surface area contributed by atoms with Crippen molar-refractivity contribution in [3.05, 3.63) is 40.8 Å². The van der Waals surface area contributed by atoms with Gasteiger partial charge in [-0.3, -0.25) is 4.98 Å². The van der Waals surface area contributed by atoms with E-state index in [9.17, 15) is 0 Å². The first-order valence-electron chi connectivity index (χ1n) is 5.55. The van der Waals surface area contributed by atoms with Gasteiger partial charge in [0.25, 0.3) is 0 Å². The molecule has 0 bridgehead atoms. The molecule has 1 aliphatic rings. The quantitative estimate of drug-likeness (QED) is 0.812. The highest BCUT2D eigenvalue weighted by molar-refractivity contribution is 9.10. The molecule has 16 heavy (non-hydrogen) atoms. The predicted molar refractivity (Wildman–Crippen MR) is 68.4 cm³/mol. The minimum absolute atomic E-state index is 0.696. The molecule has 1 saturated carbocycles. The lowest BCUT2D eigenvalue weighted by Gasteiger charge is -2.10. The highest BCUT2D eigenvalue weighted by atomic mass is 79.9. The third-order valence-electron chi connectivity index (χ3n) is 3.03. The second-order valence-corrected chi connectivity index (χ2v) is 5.18. The molecule has 2 aromatic heterocycles. The predicted octanol–water partition coefficient (Wildman–Crippen LogP) is 3.96. The summed E-state index contributed by atoms with van der Waals surface area (Å²) in [6.45, 7) is 2.17. The maximum Gasteiger partial charge on any atom is 0.0645 e.